The number of aryl methyl sites for hydroxylation is 2. The minimum Gasteiger partial charge on any atom is -0.490 e. The molecule has 0 aliphatic carbocycles. The fourth-order valence-corrected chi connectivity index (χ4v) is 3.22. The van der Waals surface area contributed by atoms with Crippen LogP contribution in [0.4, 0.5) is 5.69 Å². The first kappa shape index (κ1) is 15.3. The van der Waals surface area contributed by atoms with Crippen molar-refractivity contribution in [2.45, 2.75) is 18.7 Å². The number of nitrogens with two attached hydrogens (primary N) is 1. The lowest BCUT2D eigenvalue weighted by atomic mass is 10.3. The van der Waals surface area contributed by atoms with Gasteiger partial charge in [0.2, 0.25) is 10.0 Å². The van der Waals surface area contributed by atoms with Gasteiger partial charge in [-0.2, -0.15) is 0 Å². The third-order valence-electron chi connectivity index (χ3n) is 2.81. The normalized spacial score (nSPS) is 11.5. The Hall–Kier alpha value is -2.06. The van der Waals surface area contributed by atoms with Gasteiger partial charge in [0.25, 0.3) is 0 Å². The number of ether oxygens (including phenoxy) is 1. The van der Waals surface area contributed by atoms with E-state index in [4.69, 9.17) is 15.0 Å². The Labute approximate surface area is 123 Å². The predicted octanol–water partition coefficient (Wildman–Crippen LogP) is 1.23. The molecule has 0 atom stereocenters. The molecule has 1 heterocycles. The Morgan fingerprint density at radius 3 is 2.67 bits per heavy atom. The van der Waals surface area contributed by atoms with Crippen LogP contribution < -0.4 is 15.2 Å². The summed E-state index contributed by atoms with van der Waals surface area (Å²) in [5.74, 6) is 0.780. The Morgan fingerprint density at radius 1 is 1.33 bits per heavy atom. The van der Waals surface area contributed by atoms with Crippen molar-refractivity contribution in [1.29, 1.82) is 0 Å². The molecule has 7 nitrogen and oxygen atoms in total. The summed E-state index contributed by atoms with van der Waals surface area (Å²) in [5.41, 5.74) is 6.55. The van der Waals surface area contributed by atoms with E-state index in [1.807, 2.05) is 0 Å². The SMILES string of the molecule is Cc1noc(C)c1S(=O)(=O)NCCOc1ccccc1N. The highest BCUT2D eigenvalue weighted by Crippen LogP contribution is 2.20. The molecular formula is C13H17N3O4S. The maximum atomic E-state index is 12.1. The Kier molecular flexibility index (Phi) is 4.49. The van der Waals surface area contributed by atoms with E-state index in [0.717, 1.165) is 0 Å². The number of rotatable bonds is 6. The van der Waals surface area contributed by atoms with Crippen LogP contribution in [-0.2, 0) is 10.0 Å². The van der Waals surface area contributed by atoms with Crippen molar-refractivity contribution in [2.24, 2.45) is 0 Å². The van der Waals surface area contributed by atoms with Gasteiger partial charge in [-0.05, 0) is 26.0 Å². The van der Waals surface area contributed by atoms with Crippen molar-refractivity contribution in [3.8, 4) is 5.75 Å². The summed E-state index contributed by atoms with van der Waals surface area (Å²) in [5, 5.41) is 3.63. The summed E-state index contributed by atoms with van der Waals surface area (Å²) < 4.78 is 37.0. The second-order valence-corrected chi connectivity index (χ2v) is 6.14. The fraction of sp³-hybridized carbons (Fsp3) is 0.308. The van der Waals surface area contributed by atoms with E-state index < -0.39 is 10.0 Å². The van der Waals surface area contributed by atoms with Gasteiger partial charge in [0, 0.05) is 6.54 Å². The molecular weight excluding hydrogens is 294 g/mol. The number of aromatic nitrogens is 1. The molecule has 3 N–H and O–H groups in total. The van der Waals surface area contributed by atoms with Crippen molar-refractivity contribution < 1.29 is 17.7 Å². The van der Waals surface area contributed by atoms with E-state index in [1.54, 1.807) is 38.1 Å². The van der Waals surface area contributed by atoms with Crippen LogP contribution in [0.5, 0.6) is 5.75 Å². The van der Waals surface area contributed by atoms with Crippen molar-refractivity contribution in [2.75, 3.05) is 18.9 Å². The molecule has 1 aromatic heterocycles. The average Bonchev–Trinajstić information content (AvgIpc) is 2.77. The summed E-state index contributed by atoms with van der Waals surface area (Å²) in [4.78, 5) is 0.0710. The van der Waals surface area contributed by atoms with E-state index in [2.05, 4.69) is 9.88 Å². The standard InChI is InChI=1S/C13H17N3O4S/c1-9-13(10(2)20-16-9)21(17,18)15-7-8-19-12-6-4-3-5-11(12)14/h3-6,15H,7-8,14H2,1-2H3. The zero-order valence-electron chi connectivity index (χ0n) is 11.8. The number of hydrogen-bond donors (Lipinski definition) is 2. The molecule has 0 unspecified atom stereocenters. The summed E-state index contributed by atoms with van der Waals surface area (Å²) >= 11 is 0. The fourth-order valence-electron chi connectivity index (χ4n) is 1.88. The van der Waals surface area contributed by atoms with E-state index in [9.17, 15) is 8.42 Å². The molecule has 0 radical (unpaired) electrons. The second kappa shape index (κ2) is 6.15. The van der Waals surface area contributed by atoms with Crippen molar-refractivity contribution in [3.63, 3.8) is 0 Å². The number of nitrogen functional groups attached to an aromatic ring is 1. The molecule has 0 saturated carbocycles. The molecule has 0 saturated heterocycles. The van der Waals surface area contributed by atoms with Gasteiger partial charge in [-0.15, -0.1) is 0 Å². The molecule has 2 rings (SSSR count). The molecule has 0 aliphatic rings. The molecule has 2 aromatic rings. The third-order valence-corrected chi connectivity index (χ3v) is 4.51. The number of nitrogens with zero attached hydrogens (tertiary/aromatic N) is 1. The van der Waals surface area contributed by atoms with E-state index in [0.29, 0.717) is 17.1 Å². The second-order valence-electron chi connectivity index (χ2n) is 4.44. The average molecular weight is 311 g/mol. The third kappa shape index (κ3) is 3.53. The number of benzene rings is 1. The molecule has 0 bridgehead atoms. The highest BCUT2D eigenvalue weighted by atomic mass is 32.2. The molecule has 114 valence electrons. The topological polar surface area (TPSA) is 107 Å². The van der Waals surface area contributed by atoms with Crippen molar-refractivity contribution >= 4 is 15.7 Å². The highest BCUT2D eigenvalue weighted by molar-refractivity contribution is 7.89. The molecule has 0 spiro atoms. The molecule has 21 heavy (non-hydrogen) atoms. The van der Waals surface area contributed by atoms with Gasteiger partial charge in [0.1, 0.15) is 22.9 Å². The molecule has 0 fully saturated rings. The first-order chi connectivity index (χ1) is 9.92. The quantitative estimate of drug-likeness (QED) is 0.613. The zero-order chi connectivity index (χ0) is 15.5. The van der Waals surface area contributed by atoms with Gasteiger partial charge in [-0.1, -0.05) is 17.3 Å². The van der Waals surface area contributed by atoms with Crippen molar-refractivity contribution in [1.82, 2.24) is 9.88 Å². The van der Waals surface area contributed by atoms with Gasteiger partial charge in [0.05, 0.1) is 5.69 Å². The minimum absolute atomic E-state index is 0.0710. The van der Waals surface area contributed by atoms with Crippen LogP contribution in [0.25, 0.3) is 0 Å². The first-order valence-electron chi connectivity index (χ1n) is 6.31. The van der Waals surface area contributed by atoms with Gasteiger partial charge < -0.3 is 15.0 Å². The lowest BCUT2D eigenvalue weighted by molar-refractivity contribution is 0.324. The van der Waals surface area contributed by atoms with Crippen LogP contribution >= 0.6 is 0 Å². The summed E-state index contributed by atoms with van der Waals surface area (Å²) in [6.45, 7) is 3.40. The van der Waals surface area contributed by atoms with E-state index >= 15 is 0 Å². The summed E-state index contributed by atoms with van der Waals surface area (Å²) in [6.07, 6.45) is 0. The van der Waals surface area contributed by atoms with Crippen LogP contribution in [0, 0.1) is 13.8 Å². The van der Waals surface area contributed by atoms with Gasteiger partial charge in [-0.3, -0.25) is 0 Å². The Morgan fingerprint density at radius 2 is 2.05 bits per heavy atom. The van der Waals surface area contributed by atoms with Crippen molar-refractivity contribution in [3.05, 3.63) is 35.7 Å². The first-order valence-corrected chi connectivity index (χ1v) is 7.80. The van der Waals surface area contributed by atoms with E-state index in [-0.39, 0.29) is 23.8 Å². The van der Waals surface area contributed by atoms with Gasteiger partial charge in [0.15, 0.2) is 5.76 Å². The highest BCUT2D eigenvalue weighted by Gasteiger charge is 2.23. The monoisotopic (exact) mass is 311 g/mol. The van der Waals surface area contributed by atoms with Crippen LogP contribution in [0.2, 0.25) is 0 Å². The van der Waals surface area contributed by atoms with Crippen LogP contribution in [0.15, 0.2) is 33.7 Å². The van der Waals surface area contributed by atoms with Crippen LogP contribution in [-0.4, -0.2) is 26.7 Å². The Bertz CT molecular complexity index is 705. The summed E-state index contributed by atoms with van der Waals surface area (Å²) in [6, 6.07) is 7.02. The Balaban J connectivity index is 1.93. The maximum Gasteiger partial charge on any atom is 0.246 e. The van der Waals surface area contributed by atoms with Gasteiger partial charge in [-0.25, -0.2) is 13.1 Å². The number of anilines is 1. The van der Waals surface area contributed by atoms with Crippen LogP contribution in [0.1, 0.15) is 11.5 Å². The van der Waals surface area contributed by atoms with E-state index in [1.165, 1.54) is 0 Å². The lowest BCUT2D eigenvalue weighted by Crippen LogP contribution is -2.29. The number of nitrogens with one attached hydrogen (secondary N) is 1. The number of sulfonamides is 1. The molecule has 1 aromatic carbocycles. The molecule has 0 aliphatic heterocycles. The zero-order valence-corrected chi connectivity index (χ0v) is 12.6. The maximum absolute atomic E-state index is 12.1. The lowest BCUT2D eigenvalue weighted by Gasteiger charge is -2.09. The summed E-state index contributed by atoms with van der Waals surface area (Å²) in [7, 11) is -3.66. The largest absolute Gasteiger partial charge is 0.490 e. The minimum atomic E-state index is -3.66. The molecule has 0 amide bonds. The smallest absolute Gasteiger partial charge is 0.246 e. The number of para-hydroxylation sites is 2. The molecule has 8 heteroatoms. The predicted molar refractivity (Wildman–Crippen MR) is 77.5 cm³/mol. The van der Waals surface area contributed by atoms with Gasteiger partial charge >= 0.3 is 0 Å². The number of hydrogen-bond acceptors (Lipinski definition) is 6. The van der Waals surface area contributed by atoms with Crippen LogP contribution in [0.3, 0.4) is 0 Å².